The molecule has 2 aromatic carbocycles. The van der Waals surface area contributed by atoms with Gasteiger partial charge in [0, 0.05) is 12.1 Å². The Hall–Kier alpha value is -1.72. The zero-order valence-electron chi connectivity index (χ0n) is 12.1. The van der Waals surface area contributed by atoms with Crippen molar-refractivity contribution in [3.63, 3.8) is 0 Å². The van der Waals surface area contributed by atoms with E-state index in [9.17, 15) is 8.42 Å². The van der Waals surface area contributed by atoms with Crippen LogP contribution in [0, 0.1) is 13.8 Å². The van der Waals surface area contributed by atoms with Gasteiger partial charge in [0.25, 0.3) is 10.0 Å². The van der Waals surface area contributed by atoms with E-state index in [2.05, 4.69) is 0 Å². The van der Waals surface area contributed by atoms with E-state index in [-0.39, 0.29) is 4.90 Å². The molecule has 0 atom stereocenters. The van der Waals surface area contributed by atoms with Crippen LogP contribution < -0.4 is 10.0 Å². The third kappa shape index (κ3) is 2.99. The van der Waals surface area contributed by atoms with Crippen molar-refractivity contribution in [3.8, 4) is 0 Å². The van der Waals surface area contributed by atoms with Crippen LogP contribution in [0.25, 0.3) is 0 Å². The predicted octanol–water partition coefficient (Wildman–Crippen LogP) is 3.36. The minimum Gasteiger partial charge on any atom is -0.397 e. The molecule has 0 fully saturated rings. The molecule has 0 heterocycles. The number of anilines is 2. The fourth-order valence-corrected chi connectivity index (χ4v) is 3.74. The van der Waals surface area contributed by atoms with Gasteiger partial charge in [0.1, 0.15) is 0 Å². The summed E-state index contributed by atoms with van der Waals surface area (Å²) in [6.45, 7) is 3.62. The van der Waals surface area contributed by atoms with Crippen molar-refractivity contribution in [2.24, 2.45) is 0 Å². The van der Waals surface area contributed by atoms with Crippen LogP contribution in [-0.2, 0) is 10.0 Å². The molecular formula is C15H17ClN2O2S. The highest BCUT2D eigenvalue weighted by Gasteiger charge is 2.24. The summed E-state index contributed by atoms with van der Waals surface area (Å²) in [5.74, 6) is 0. The van der Waals surface area contributed by atoms with E-state index in [1.807, 2.05) is 13.0 Å². The molecule has 0 saturated carbocycles. The summed E-state index contributed by atoms with van der Waals surface area (Å²) in [5, 5.41) is 0.433. The number of rotatable bonds is 3. The minimum atomic E-state index is -3.69. The highest BCUT2D eigenvalue weighted by Crippen LogP contribution is 2.31. The maximum Gasteiger partial charge on any atom is 0.264 e. The van der Waals surface area contributed by atoms with Crippen LogP contribution in [-0.4, -0.2) is 15.5 Å². The number of nitrogens with zero attached hydrogens (tertiary/aromatic N) is 1. The highest BCUT2D eigenvalue weighted by molar-refractivity contribution is 7.92. The number of hydrogen-bond acceptors (Lipinski definition) is 3. The second-order valence-electron chi connectivity index (χ2n) is 4.94. The lowest BCUT2D eigenvalue weighted by Gasteiger charge is -2.22. The van der Waals surface area contributed by atoms with Crippen LogP contribution in [0.5, 0.6) is 0 Å². The number of benzene rings is 2. The van der Waals surface area contributed by atoms with Gasteiger partial charge in [0.15, 0.2) is 0 Å². The van der Waals surface area contributed by atoms with Crippen LogP contribution in [0.4, 0.5) is 11.4 Å². The van der Waals surface area contributed by atoms with Crippen molar-refractivity contribution in [2.75, 3.05) is 17.1 Å². The van der Waals surface area contributed by atoms with E-state index >= 15 is 0 Å². The summed E-state index contributed by atoms with van der Waals surface area (Å²) in [6, 6.07) is 10.1. The summed E-state index contributed by atoms with van der Waals surface area (Å²) in [7, 11) is -2.22. The number of halogens is 1. The molecule has 0 aromatic heterocycles. The van der Waals surface area contributed by atoms with Crippen molar-refractivity contribution >= 4 is 33.0 Å². The Balaban J connectivity index is 2.58. The zero-order valence-corrected chi connectivity index (χ0v) is 13.7. The van der Waals surface area contributed by atoms with Crippen LogP contribution in [0.15, 0.2) is 41.3 Å². The molecule has 112 valence electrons. The number of nitrogen functional groups attached to an aromatic ring is 1. The van der Waals surface area contributed by atoms with E-state index in [4.69, 9.17) is 17.3 Å². The van der Waals surface area contributed by atoms with E-state index in [1.165, 1.54) is 7.05 Å². The van der Waals surface area contributed by atoms with Gasteiger partial charge >= 0.3 is 0 Å². The van der Waals surface area contributed by atoms with Crippen LogP contribution in [0.2, 0.25) is 5.02 Å². The molecule has 2 rings (SSSR count). The van der Waals surface area contributed by atoms with E-state index in [0.717, 1.165) is 9.87 Å². The lowest BCUT2D eigenvalue weighted by atomic mass is 10.2. The van der Waals surface area contributed by atoms with E-state index in [1.54, 1.807) is 37.3 Å². The topological polar surface area (TPSA) is 63.4 Å². The van der Waals surface area contributed by atoms with Crippen molar-refractivity contribution in [1.29, 1.82) is 0 Å². The fraction of sp³-hybridized carbons (Fsp3) is 0.200. The van der Waals surface area contributed by atoms with Gasteiger partial charge in [0.2, 0.25) is 0 Å². The van der Waals surface area contributed by atoms with Gasteiger partial charge < -0.3 is 5.73 Å². The SMILES string of the molecule is Cc1ccc(C)c(S(=O)(=O)N(C)c2cc(Cl)ccc2N)c1. The van der Waals surface area contributed by atoms with Gasteiger partial charge in [-0.2, -0.15) is 0 Å². The minimum absolute atomic E-state index is 0.268. The molecule has 4 nitrogen and oxygen atoms in total. The largest absolute Gasteiger partial charge is 0.397 e. The maximum atomic E-state index is 12.8. The molecule has 0 unspecified atom stereocenters. The summed E-state index contributed by atoms with van der Waals surface area (Å²) in [4.78, 5) is 0.268. The van der Waals surface area contributed by atoms with Gasteiger partial charge in [0.05, 0.1) is 16.3 Å². The first-order valence-electron chi connectivity index (χ1n) is 6.34. The maximum absolute atomic E-state index is 12.8. The molecule has 0 aliphatic carbocycles. The first-order valence-corrected chi connectivity index (χ1v) is 8.16. The molecule has 2 N–H and O–H groups in total. The molecule has 0 spiro atoms. The molecule has 0 saturated heterocycles. The number of aryl methyl sites for hydroxylation is 2. The third-order valence-electron chi connectivity index (χ3n) is 3.31. The highest BCUT2D eigenvalue weighted by atomic mass is 35.5. The van der Waals surface area contributed by atoms with Gasteiger partial charge in [-0.25, -0.2) is 8.42 Å². The number of nitrogens with two attached hydrogens (primary N) is 1. The molecule has 0 aliphatic heterocycles. The smallest absolute Gasteiger partial charge is 0.264 e. The fourth-order valence-electron chi connectivity index (χ4n) is 2.05. The van der Waals surface area contributed by atoms with Gasteiger partial charge in [-0.3, -0.25) is 4.31 Å². The molecule has 2 aromatic rings. The third-order valence-corrected chi connectivity index (χ3v) is 5.46. The van der Waals surface area contributed by atoms with Crippen molar-refractivity contribution in [3.05, 3.63) is 52.5 Å². The van der Waals surface area contributed by atoms with Crippen LogP contribution in [0.1, 0.15) is 11.1 Å². The second kappa shape index (κ2) is 5.58. The lowest BCUT2D eigenvalue weighted by Crippen LogP contribution is -2.28. The van der Waals surface area contributed by atoms with Crippen molar-refractivity contribution in [2.45, 2.75) is 18.7 Å². The number of sulfonamides is 1. The second-order valence-corrected chi connectivity index (χ2v) is 7.32. The van der Waals surface area contributed by atoms with Crippen molar-refractivity contribution in [1.82, 2.24) is 0 Å². The average molecular weight is 325 g/mol. The monoisotopic (exact) mass is 324 g/mol. The Morgan fingerprint density at radius 1 is 1.10 bits per heavy atom. The zero-order chi connectivity index (χ0) is 15.8. The molecule has 0 aliphatic rings. The molecule has 6 heteroatoms. The van der Waals surface area contributed by atoms with Gasteiger partial charge in [-0.15, -0.1) is 0 Å². The van der Waals surface area contributed by atoms with Gasteiger partial charge in [-0.05, 0) is 49.2 Å². The summed E-state index contributed by atoms with van der Waals surface area (Å²) >= 11 is 5.94. The molecule has 0 radical (unpaired) electrons. The van der Waals surface area contributed by atoms with E-state index < -0.39 is 10.0 Å². The first-order chi connectivity index (χ1) is 9.73. The Morgan fingerprint density at radius 3 is 2.43 bits per heavy atom. The summed E-state index contributed by atoms with van der Waals surface area (Å²) in [6.07, 6.45) is 0. The van der Waals surface area contributed by atoms with Crippen LogP contribution >= 0.6 is 11.6 Å². The Morgan fingerprint density at radius 2 is 1.76 bits per heavy atom. The molecule has 21 heavy (non-hydrogen) atoms. The van der Waals surface area contributed by atoms with E-state index in [0.29, 0.717) is 22.0 Å². The first kappa shape index (κ1) is 15.7. The molecule has 0 bridgehead atoms. The Bertz CT molecular complexity index is 788. The summed E-state index contributed by atoms with van der Waals surface area (Å²) < 4.78 is 26.8. The quantitative estimate of drug-likeness (QED) is 0.880. The predicted molar refractivity (Wildman–Crippen MR) is 87.4 cm³/mol. The lowest BCUT2D eigenvalue weighted by molar-refractivity contribution is 0.593. The Labute approximate surface area is 130 Å². The molecular weight excluding hydrogens is 308 g/mol. The number of hydrogen-bond donors (Lipinski definition) is 1. The average Bonchev–Trinajstić information content (AvgIpc) is 2.43. The van der Waals surface area contributed by atoms with Gasteiger partial charge in [-0.1, -0.05) is 23.7 Å². The standard InChI is InChI=1S/C15H17ClN2O2S/c1-10-4-5-11(2)15(8-10)21(19,20)18(3)14-9-12(16)6-7-13(14)17/h4-9H,17H2,1-3H3. The molecule has 0 amide bonds. The normalized spacial score (nSPS) is 11.4. The van der Waals surface area contributed by atoms with Crippen molar-refractivity contribution < 1.29 is 8.42 Å². The summed E-state index contributed by atoms with van der Waals surface area (Å²) in [5.41, 5.74) is 8.16. The van der Waals surface area contributed by atoms with Crippen LogP contribution in [0.3, 0.4) is 0 Å². The Kier molecular flexibility index (Phi) is 4.16.